The summed E-state index contributed by atoms with van der Waals surface area (Å²) in [5.74, 6) is 0.151. The molecule has 0 saturated heterocycles. The number of anilines is 1. The van der Waals surface area contributed by atoms with Crippen LogP contribution in [-0.4, -0.2) is 31.6 Å². The van der Waals surface area contributed by atoms with Gasteiger partial charge in [0.15, 0.2) is 0 Å². The van der Waals surface area contributed by atoms with Crippen LogP contribution in [0, 0.1) is 0 Å². The largest absolute Gasteiger partial charge is 0.297 e. The fourth-order valence-corrected chi connectivity index (χ4v) is 3.72. The highest BCUT2D eigenvalue weighted by atomic mass is 32.2. The maximum absolute atomic E-state index is 12.9. The van der Waals surface area contributed by atoms with Crippen molar-refractivity contribution >= 4 is 23.4 Å². The Morgan fingerprint density at radius 2 is 1.71 bits per heavy atom. The van der Waals surface area contributed by atoms with Gasteiger partial charge in [-0.05, 0) is 31.8 Å². The molecule has 3 nitrogen and oxygen atoms in total. The number of hydrogen-bond donors (Lipinski definition) is 0. The van der Waals surface area contributed by atoms with Crippen LogP contribution in [0.3, 0.4) is 0 Å². The van der Waals surface area contributed by atoms with E-state index in [1.54, 1.807) is 11.8 Å². The second kappa shape index (κ2) is 5.92. The molecule has 0 saturated carbocycles. The number of hydrogen-bond acceptors (Lipinski definition) is 3. The number of benzene rings is 2. The lowest BCUT2D eigenvalue weighted by atomic mass is 10.1. The number of nitrogens with zero attached hydrogens (tertiary/aromatic N) is 2. The monoisotopic (exact) mass is 298 g/mol. The van der Waals surface area contributed by atoms with E-state index < -0.39 is 0 Å². The highest BCUT2D eigenvalue weighted by Gasteiger charge is 2.34. The van der Waals surface area contributed by atoms with E-state index in [1.165, 1.54) is 0 Å². The Bertz CT molecular complexity index is 642. The van der Waals surface area contributed by atoms with Gasteiger partial charge >= 0.3 is 0 Å². The Hall–Kier alpha value is -1.78. The normalized spacial score (nSPS) is 18.0. The van der Waals surface area contributed by atoms with E-state index in [4.69, 9.17) is 0 Å². The SMILES string of the molecule is CN(C)CN1C(=O)C(c2ccccc2)Sc2ccccc21. The van der Waals surface area contributed by atoms with Crippen molar-refractivity contribution < 1.29 is 4.79 Å². The molecule has 0 radical (unpaired) electrons. The van der Waals surface area contributed by atoms with Gasteiger partial charge in [0.1, 0.15) is 5.25 Å². The van der Waals surface area contributed by atoms with Gasteiger partial charge in [-0.15, -0.1) is 11.8 Å². The van der Waals surface area contributed by atoms with Crippen molar-refractivity contribution in [2.45, 2.75) is 10.1 Å². The van der Waals surface area contributed by atoms with Crippen LogP contribution >= 0.6 is 11.8 Å². The Kier molecular flexibility index (Phi) is 3.99. The Balaban J connectivity index is 2.02. The molecular formula is C17H18N2OS. The molecule has 0 fully saturated rings. The standard InChI is InChI=1S/C17H18N2OS/c1-18(2)12-19-14-10-6-7-11-15(14)21-16(17(19)20)13-8-4-3-5-9-13/h3-11,16H,12H2,1-2H3. The van der Waals surface area contributed by atoms with Crippen molar-refractivity contribution in [3.05, 3.63) is 60.2 Å². The second-order valence-corrected chi connectivity index (χ2v) is 6.51. The zero-order chi connectivity index (χ0) is 14.8. The topological polar surface area (TPSA) is 23.6 Å². The molecule has 2 aromatic rings. The van der Waals surface area contributed by atoms with Crippen molar-refractivity contribution in [2.24, 2.45) is 0 Å². The predicted molar refractivity (Wildman–Crippen MR) is 87.5 cm³/mol. The van der Waals surface area contributed by atoms with Gasteiger partial charge in [-0.3, -0.25) is 14.6 Å². The van der Waals surface area contributed by atoms with Crippen molar-refractivity contribution in [1.82, 2.24) is 4.90 Å². The summed E-state index contributed by atoms with van der Waals surface area (Å²) in [6.45, 7) is 0.597. The molecule has 21 heavy (non-hydrogen) atoms. The number of thioether (sulfide) groups is 1. The number of carbonyl (C=O) groups excluding carboxylic acids is 1. The molecule has 1 unspecified atom stereocenters. The molecule has 4 heteroatoms. The van der Waals surface area contributed by atoms with Crippen molar-refractivity contribution in [3.63, 3.8) is 0 Å². The summed E-state index contributed by atoms with van der Waals surface area (Å²) in [5, 5.41) is -0.166. The van der Waals surface area contributed by atoms with Crippen molar-refractivity contribution in [3.8, 4) is 0 Å². The smallest absolute Gasteiger partial charge is 0.246 e. The van der Waals surface area contributed by atoms with E-state index >= 15 is 0 Å². The van der Waals surface area contributed by atoms with Crippen LogP contribution in [0.5, 0.6) is 0 Å². The summed E-state index contributed by atoms with van der Waals surface area (Å²) in [7, 11) is 3.96. The summed E-state index contributed by atoms with van der Waals surface area (Å²) in [5.41, 5.74) is 2.07. The molecular weight excluding hydrogens is 280 g/mol. The van der Waals surface area contributed by atoms with E-state index in [0.29, 0.717) is 6.67 Å². The van der Waals surface area contributed by atoms with Gasteiger partial charge in [-0.1, -0.05) is 42.5 Å². The van der Waals surface area contributed by atoms with Crippen LogP contribution in [0.15, 0.2) is 59.5 Å². The molecule has 0 bridgehead atoms. The molecule has 0 aromatic heterocycles. The van der Waals surface area contributed by atoms with Gasteiger partial charge in [-0.25, -0.2) is 0 Å². The minimum absolute atomic E-state index is 0.151. The first-order valence-corrected chi connectivity index (χ1v) is 7.81. The molecule has 108 valence electrons. The third kappa shape index (κ3) is 2.82. The predicted octanol–water partition coefficient (Wildman–Crippen LogP) is 3.39. The van der Waals surface area contributed by atoms with E-state index in [9.17, 15) is 4.79 Å². The van der Waals surface area contributed by atoms with Crippen LogP contribution < -0.4 is 4.90 Å². The Labute approximate surface area is 129 Å². The second-order valence-electron chi connectivity index (χ2n) is 5.36. The van der Waals surface area contributed by atoms with Gasteiger partial charge in [0.25, 0.3) is 0 Å². The van der Waals surface area contributed by atoms with Gasteiger partial charge in [0, 0.05) is 4.90 Å². The lowest BCUT2D eigenvalue weighted by molar-refractivity contribution is -0.118. The zero-order valence-corrected chi connectivity index (χ0v) is 13.0. The minimum Gasteiger partial charge on any atom is -0.297 e. The Morgan fingerprint density at radius 1 is 1.05 bits per heavy atom. The molecule has 3 rings (SSSR count). The van der Waals surface area contributed by atoms with Crippen LogP contribution in [-0.2, 0) is 4.79 Å². The maximum atomic E-state index is 12.9. The molecule has 2 aromatic carbocycles. The maximum Gasteiger partial charge on any atom is 0.246 e. The van der Waals surface area contributed by atoms with Crippen molar-refractivity contribution in [1.29, 1.82) is 0 Å². The third-order valence-electron chi connectivity index (χ3n) is 3.42. The van der Waals surface area contributed by atoms with E-state index in [-0.39, 0.29) is 11.2 Å². The van der Waals surface area contributed by atoms with Crippen LogP contribution in [0.4, 0.5) is 5.69 Å². The molecule has 0 N–H and O–H groups in total. The minimum atomic E-state index is -0.166. The lowest BCUT2D eigenvalue weighted by Gasteiger charge is -2.35. The van der Waals surface area contributed by atoms with Gasteiger partial charge in [0.2, 0.25) is 5.91 Å². The first kappa shape index (κ1) is 14.2. The number of para-hydroxylation sites is 1. The fraction of sp³-hybridized carbons (Fsp3) is 0.235. The molecule has 0 aliphatic carbocycles. The summed E-state index contributed by atoms with van der Waals surface area (Å²) in [4.78, 5) is 18.0. The van der Waals surface area contributed by atoms with Crippen LogP contribution in [0.25, 0.3) is 0 Å². The summed E-state index contributed by atoms with van der Waals surface area (Å²) < 4.78 is 0. The summed E-state index contributed by atoms with van der Waals surface area (Å²) in [6, 6.07) is 18.1. The van der Waals surface area contributed by atoms with Gasteiger partial charge in [-0.2, -0.15) is 0 Å². The highest BCUT2D eigenvalue weighted by molar-refractivity contribution is 8.00. The van der Waals surface area contributed by atoms with E-state index in [1.807, 2.05) is 72.4 Å². The van der Waals surface area contributed by atoms with Crippen molar-refractivity contribution in [2.75, 3.05) is 25.7 Å². The highest BCUT2D eigenvalue weighted by Crippen LogP contribution is 2.46. The molecule has 1 aliphatic rings. The van der Waals surface area contributed by atoms with Gasteiger partial charge in [0.05, 0.1) is 12.4 Å². The average molecular weight is 298 g/mol. The number of fused-ring (bicyclic) bond motifs is 1. The molecule has 1 amide bonds. The van der Waals surface area contributed by atoms with Gasteiger partial charge < -0.3 is 0 Å². The molecule has 0 spiro atoms. The third-order valence-corrected chi connectivity index (χ3v) is 4.73. The fourth-order valence-electron chi connectivity index (χ4n) is 2.48. The summed E-state index contributed by atoms with van der Waals surface area (Å²) >= 11 is 1.64. The number of carbonyl (C=O) groups is 1. The van der Waals surface area contributed by atoms with Crippen LogP contribution in [0.2, 0.25) is 0 Å². The Morgan fingerprint density at radius 3 is 2.43 bits per heavy atom. The number of rotatable bonds is 3. The molecule has 1 atom stereocenters. The average Bonchev–Trinajstić information content (AvgIpc) is 2.50. The summed E-state index contributed by atoms with van der Waals surface area (Å²) in [6.07, 6.45) is 0. The first-order valence-electron chi connectivity index (χ1n) is 6.93. The quantitative estimate of drug-likeness (QED) is 0.868. The van der Waals surface area contributed by atoms with Crippen LogP contribution in [0.1, 0.15) is 10.8 Å². The molecule has 1 heterocycles. The van der Waals surface area contributed by atoms with E-state index in [0.717, 1.165) is 16.1 Å². The van der Waals surface area contributed by atoms with E-state index in [2.05, 4.69) is 6.07 Å². The zero-order valence-electron chi connectivity index (χ0n) is 12.2. The lowest BCUT2D eigenvalue weighted by Crippen LogP contribution is -2.42. The molecule has 1 aliphatic heterocycles. The number of amides is 1. The first-order chi connectivity index (χ1) is 10.2.